The summed E-state index contributed by atoms with van der Waals surface area (Å²) < 4.78 is 20.2. The van der Waals surface area contributed by atoms with Gasteiger partial charge < -0.3 is 9.84 Å². The molecular weight excluding hydrogens is 227 g/mol. The van der Waals surface area contributed by atoms with Crippen molar-refractivity contribution in [2.45, 2.75) is 0 Å². The molecule has 0 atom stereocenters. The minimum Gasteiger partial charge on any atom is -0.478 e. The fraction of sp³-hybridized carbons (Fsp3) is 0.0909. The second-order valence-corrected chi connectivity index (χ2v) is 3.40. The van der Waals surface area contributed by atoms with Gasteiger partial charge in [0, 0.05) is 7.05 Å². The third kappa shape index (κ3) is 2.41. The lowest BCUT2D eigenvalue weighted by atomic mass is 10.2. The largest absolute Gasteiger partial charge is 0.478 e. The quantitative estimate of drug-likeness (QED) is 0.885. The minimum atomic E-state index is -1.18. The van der Waals surface area contributed by atoms with Crippen molar-refractivity contribution < 1.29 is 19.0 Å². The molecule has 0 aliphatic rings. The summed E-state index contributed by atoms with van der Waals surface area (Å²) in [4.78, 5) is 10.6. The van der Waals surface area contributed by atoms with Gasteiger partial charge in [0.15, 0.2) is 17.3 Å². The molecule has 2 rings (SSSR count). The number of carboxylic acids is 1. The van der Waals surface area contributed by atoms with Gasteiger partial charge in [0.1, 0.15) is 0 Å². The third-order valence-corrected chi connectivity index (χ3v) is 2.09. The fourth-order valence-electron chi connectivity index (χ4n) is 1.30. The molecule has 0 saturated carbocycles. The Labute approximate surface area is 96.1 Å². The first-order valence-corrected chi connectivity index (χ1v) is 4.75. The van der Waals surface area contributed by atoms with Gasteiger partial charge in [-0.15, -0.1) is 0 Å². The van der Waals surface area contributed by atoms with Crippen molar-refractivity contribution in [3.05, 3.63) is 42.0 Å². The van der Waals surface area contributed by atoms with Gasteiger partial charge >= 0.3 is 5.97 Å². The number of carboxylic acid groups (broad SMARTS) is 1. The summed E-state index contributed by atoms with van der Waals surface area (Å²) >= 11 is 0. The Balaban J connectivity index is 2.25. The van der Waals surface area contributed by atoms with Crippen LogP contribution in [0.25, 0.3) is 0 Å². The van der Waals surface area contributed by atoms with Crippen LogP contribution >= 0.6 is 0 Å². The highest BCUT2D eigenvalue weighted by molar-refractivity contribution is 5.87. The van der Waals surface area contributed by atoms with Crippen LogP contribution in [0.1, 0.15) is 10.4 Å². The zero-order valence-corrected chi connectivity index (χ0v) is 8.92. The molecule has 0 fully saturated rings. The monoisotopic (exact) mass is 236 g/mol. The maximum Gasteiger partial charge on any atom is 0.335 e. The molecule has 0 bridgehead atoms. The minimum absolute atomic E-state index is 0.0389. The number of aryl methyl sites for hydroxylation is 1. The third-order valence-electron chi connectivity index (χ3n) is 2.09. The van der Waals surface area contributed by atoms with Crippen molar-refractivity contribution in [2.24, 2.45) is 7.05 Å². The van der Waals surface area contributed by atoms with Gasteiger partial charge in [0.05, 0.1) is 18.0 Å². The van der Waals surface area contributed by atoms with E-state index in [4.69, 9.17) is 9.84 Å². The highest BCUT2D eigenvalue weighted by Crippen LogP contribution is 2.24. The molecular formula is C11H9FN2O3. The summed E-state index contributed by atoms with van der Waals surface area (Å²) in [6.45, 7) is 0. The number of aromatic carboxylic acids is 1. The van der Waals surface area contributed by atoms with Crippen LogP contribution in [0.5, 0.6) is 11.5 Å². The van der Waals surface area contributed by atoms with Crippen LogP contribution in [0.4, 0.5) is 4.39 Å². The first-order chi connectivity index (χ1) is 8.06. The molecule has 17 heavy (non-hydrogen) atoms. The van der Waals surface area contributed by atoms with Gasteiger partial charge in [-0.3, -0.25) is 4.68 Å². The second-order valence-electron chi connectivity index (χ2n) is 3.40. The molecule has 0 saturated heterocycles. The van der Waals surface area contributed by atoms with Gasteiger partial charge in [-0.2, -0.15) is 5.10 Å². The number of hydrogen-bond donors (Lipinski definition) is 1. The van der Waals surface area contributed by atoms with Crippen LogP contribution in [-0.4, -0.2) is 20.9 Å². The van der Waals surface area contributed by atoms with Crippen molar-refractivity contribution >= 4 is 5.97 Å². The summed E-state index contributed by atoms with van der Waals surface area (Å²) in [6, 6.07) is 3.46. The molecule has 0 aliphatic carbocycles. The van der Waals surface area contributed by atoms with E-state index in [1.807, 2.05) is 0 Å². The Morgan fingerprint density at radius 2 is 2.29 bits per heavy atom. The summed E-state index contributed by atoms with van der Waals surface area (Å²) in [6.07, 6.45) is 3.01. The predicted molar refractivity (Wildman–Crippen MR) is 56.6 cm³/mol. The van der Waals surface area contributed by atoms with E-state index in [2.05, 4.69) is 5.10 Å². The maximum atomic E-state index is 13.5. The highest BCUT2D eigenvalue weighted by Gasteiger charge is 2.10. The van der Waals surface area contributed by atoms with E-state index in [1.165, 1.54) is 23.0 Å². The van der Waals surface area contributed by atoms with Crippen LogP contribution in [0.3, 0.4) is 0 Å². The van der Waals surface area contributed by atoms with Crippen LogP contribution in [0.2, 0.25) is 0 Å². The number of benzene rings is 1. The lowest BCUT2D eigenvalue weighted by molar-refractivity contribution is 0.0696. The van der Waals surface area contributed by atoms with Gasteiger partial charge in [0.2, 0.25) is 0 Å². The second kappa shape index (κ2) is 4.25. The zero-order valence-electron chi connectivity index (χ0n) is 8.92. The molecule has 0 aliphatic heterocycles. The lowest BCUT2D eigenvalue weighted by Gasteiger charge is -2.04. The molecule has 0 radical (unpaired) electrons. The van der Waals surface area contributed by atoms with E-state index >= 15 is 0 Å². The molecule has 2 aromatic rings. The molecule has 1 heterocycles. The molecule has 6 heteroatoms. The molecule has 0 unspecified atom stereocenters. The van der Waals surface area contributed by atoms with Crippen LogP contribution < -0.4 is 4.74 Å². The van der Waals surface area contributed by atoms with Crippen molar-refractivity contribution in [2.75, 3.05) is 0 Å². The molecule has 1 N–H and O–H groups in total. The summed E-state index contributed by atoms with van der Waals surface area (Å²) in [5.41, 5.74) is -0.124. The molecule has 0 amide bonds. The Bertz CT molecular complexity index is 566. The first-order valence-electron chi connectivity index (χ1n) is 4.75. The molecule has 1 aromatic carbocycles. The van der Waals surface area contributed by atoms with Gasteiger partial charge in [0.25, 0.3) is 0 Å². The van der Waals surface area contributed by atoms with Gasteiger partial charge in [-0.05, 0) is 18.2 Å². The Morgan fingerprint density at radius 3 is 2.82 bits per heavy atom. The number of nitrogens with zero attached hydrogens (tertiary/aromatic N) is 2. The summed E-state index contributed by atoms with van der Waals surface area (Å²) in [7, 11) is 1.71. The maximum absolute atomic E-state index is 13.5. The Hall–Kier alpha value is -2.37. The van der Waals surface area contributed by atoms with Crippen molar-refractivity contribution in [1.29, 1.82) is 0 Å². The van der Waals surface area contributed by atoms with Gasteiger partial charge in [-0.1, -0.05) is 0 Å². The molecule has 0 spiro atoms. The average molecular weight is 236 g/mol. The Morgan fingerprint density at radius 1 is 1.53 bits per heavy atom. The van der Waals surface area contributed by atoms with E-state index in [1.54, 1.807) is 13.2 Å². The first kappa shape index (κ1) is 11.1. The SMILES string of the molecule is Cn1cc(Oc2ccc(C(=O)O)cc2F)cn1. The Kier molecular flexibility index (Phi) is 2.78. The molecule has 1 aromatic heterocycles. The molecule has 5 nitrogen and oxygen atoms in total. The summed E-state index contributed by atoms with van der Waals surface area (Å²) in [5, 5.41) is 12.5. The fourth-order valence-corrected chi connectivity index (χ4v) is 1.30. The number of aromatic nitrogens is 2. The molecule has 88 valence electrons. The van der Waals surface area contributed by atoms with E-state index in [-0.39, 0.29) is 11.3 Å². The lowest BCUT2D eigenvalue weighted by Crippen LogP contribution is -1.97. The van der Waals surface area contributed by atoms with Crippen molar-refractivity contribution in [3.63, 3.8) is 0 Å². The number of hydrogen-bond acceptors (Lipinski definition) is 3. The smallest absolute Gasteiger partial charge is 0.335 e. The van der Waals surface area contributed by atoms with Gasteiger partial charge in [-0.25, -0.2) is 9.18 Å². The predicted octanol–water partition coefficient (Wildman–Crippen LogP) is 2.05. The number of carbonyl (C=O) groups is 1. The van der Waals surface area contributed by atoms with Crippen molar-refractivity contribution in [3.8, 4) is 11.5 Å². The zero-order chi connectivity index (χ0) is 12.4. The van der Waals surface area contributed by atoms with Crippen LogP contribution in [-0.2, 0) is 7.05 Å². The van der Waals surface area contributed by atoms with Crippen LogP contribution in [0.15, 0.2) is 30.6 Å². The average Bonchev–Trinajstić information content (AvgIpc) is 2.67. The van der Waals surface area contributed by atoms with E-state index in [0.29, 0.717) is 5.75 Å². The van der Waals surface area contributed by atoms with E-state index in [0.717, 1.165) is 6.07 Å². The number of halogens is 1. The normalized spacial score (nSPS) is 10.2. The van der Waals surface area contributed by atoms with Crippen LogP contribution in [0, 0.1) is 5.82 Å². The number of ether oxygens (including phenoxy) is 1. The topological polar surface area (TPSA) is 64.3 Å². The van der Waals surface area contributed by atoms with Crippen molar-refractivity contribution in [1.82, 2.24) is 9.78 Å². The number of rotatable bonds is 3. The van der Waals surface area contributed by atoms with E-state index < -0.39 is 11.8 Å². The van der Waals surface area contributed by atoms with E-state index in [9.17, 15) is 9.18 Å². The highest BCUT2D eigenvalue weighted by atomic mass is 19.1. The summed E-state index contributed by atoms with van der Waals surface area (Å²) in [5.74, 6) is -1.57. The standard InChI is InChI=1S/C11H9FN2O3/c1-14-6-8(5-13-14)17-10-3-2-7(11(15)16)4-9(10)12/h2-6H,1H3,(H,15,16).